The van der Waals surface area contributed by atoms with Gasteiger partial charge in [-0.05, 0) is 19.3 Å². The fraction of sp³-hybridized carbons (Fsp3) is 0.538. The van der Waals surface area contributed by atoms with Crippen LogP contribution in [-0.2, 0) is 0 Å². The van der Waals surface area contributed by atoms with E-state index in [9.17, 15) is 18.9 Å². The fourth-order valence-corrected chi connectivity index (χ4v) is 1.88. The third kappa shape index (κ3) is 4.15. The quantitative estimate of drug-likeness (QED) is 0.626. The highest BCUT2D eigenvalue weighted by Crippen LogP contribution is 2.26. The third-order valence-corrected chi connectivity index (χ3v) is 3.08. The van der Waals surface area contributed by atoms with E-state index in [1.807, 2.05) is 13.8 Å². The summed E-state index contributed by atoms with van der Waals surface area (Å²) in [6, 6.07) is 1.34. The molecule has 1 N–H and O–H groups in total. The molecule has 2 unspecified atom stereocenters. The molecule has 2 atom stereocenters. The molecule has 0 bridgehead atoms. The third-order valence-electron chi connectivity index (χ3n) is 3.08. The first-order valence-corrected chi connectivity index (χ1v) is 6.25. The van der Waals surface area contributed by atoms with Gasteiger partial charge in [0.05, 0.1) is 17.1 Å². The van der Waals surface area contributed by atoms with E-state index in [1.165, 1.54) is 0 Å². The SMILES string of the molecule is CCC(C)CC(C)Nc1c(F)cc([N+](=O)[O-])cc1F. The Morgan fingerprint density at radius 2 is 1.84 bits per heavy atom. The largest absolute Gasteiger partial charge is 0.378 e. The van der Waals surface area contributed by atoms with Crippen LogP contribution in [0, 0.1) is 27.7 Å². The lowest BCUT2D eigenvalue weighted by molar-refractivity contribution is -0.385. The number of halogens is 2. The van der Waals surface area contributed by atoms with Crippen LogP contribution in [0.25, 0.3) is 0 Å². The molecule has 0 aromatic heterocycles. The van der Waals surface area contributed by atoms with Crippen LogP contribution in [-0.4, -0.2) is 11.0 Å². The summed E-state index contributed by atoms with van der Waals surface area (Å²) in [5.74, 6) is -1.45. The molecule has 1 rings (SSSR count). The van der Waals surface area contributed by atoms with Crippen molar-refractivity contribution in [3.8, 4) is 0 Å². The van der Waals surface area contributed by atoms with Crippen molar-refractivity contribution >= 4 is 11.4 Å². The monoisotopic (exact) mass is 272 g/mol. The van der Waals surface area contributed by atoms with Gasteiger partial charge < -0.3 is 5.32 Å². The smallest absolute Gasteiger partial charge is 0.275 e. The number of hydrogen-bond acceptors (Lipinski definition) is 3. The maximum absolute atomic E-state index is 13.6. The number of nitro benzene ring substituents is 1. The molecule has 0 spiro atoms. The summed E-state index contributed by atoms with van der Waals surface area (Å²) in [7, 11) is 0. The minimum absolute atomic E-state index is 0.111. The number of benzene rings is 1. The van der Waals surface area contributed by atoms with E-state index >= 15 is 0 Å². The second kappa shape index (κ2) is 6.45. The summed E-state index contributed by atoms with van der Waals surface area (Å²) in [6.45, 7) is 5.93. The van der Waals surface area contributed by atoms with Gasteiger partial charge in [-0.25, -0.2) is 8.78 Å². The summed E-state index contributed by atoms with van der Waals surface area (Å²) in [5, 5.41) is 13.2. The predicted molar refractivity (Wildman–Crippen MR) is 70.2 cm³/mol. The fourth-order valence-electron chi connectivity index (χ4n) is 1.88. The van der Waals surface area contributed by atoms with Crippen LogP contribution in [0.5, 0.6) is 0 Å². The van der Waals surface area contributed by atoms with E-state index in [1.54, 1.807) is 0 Å². The molecule has 0 saturated carbocycles. The molecule has 106 valence electrons. The molecular weight excluding hydrogens is 254 g/mol. The second-order valence-corrected chi connectivity index (χ2v) is 4.84. The summed E-state index contributed by atoms with van der Waals surface area (Å²) < 4.78 is 27.3. The Labute approximate surface area is 111 Å². The first kappa shape index (κ1) is 15.3. The first-order chi connectivity index (χ1) is 8.85. The topological polar surface area (TPSA) is 55.2 Å². The van der Waals surface area contributed by atoms with Crippen LogP contribution in [0.1, 0.15) is 33.6 Å². The van der Waals surface area contributed by atoms with Crippen molar-refractivity contribution in [2.75, 3.05) is 5.32 Å². The zero-order valence-corrected chi connectivity index (χ0v) is 11.2. The molecule has 0 radical (unpaired) electrons. The van der Waals surface area contributed by atoms with Gasteiger partial charge in [-0.15, -0.1) is 0 Å². The maximum atomic E-state index is 13.6. The maximum Gasteiger partial charge on any atom is 0.275 e. The highest BCUT2D eigenvalue weighted by molar-refractivity contribution is 5.52. The Kier molecular flexibility index (Phi) is 5.20. The average Bonchev–Trinajstić information content (AvgIpc) is 2.33. The highest BCUT2D eigenvalue weighted by Gasteiger charge is 2.18. The normalized spacial score (nSPS) is 13.9. The first-order valence-electron chi connectivity index (χ1n) is 6.25. The Bertz CT molecular complexity index is 443. The number of hydrogen-bond donors (Lipinski definition) is 1. The number of anilines is 1. The number of nitro groups is 1. The van der Waals surface area contributed by atoms with Gasteiger partial charge in [-0.3, -0.25) is 10.1 Å². The Morgan fingerprint density at radius 1 is 1.32 bits per heavy atom. The van der Waals surface area contributed by atoms with Gasteiger partial charge in [0.15, 0.2) is 11.6 Å². The zero-order valence-electron chi connectivity index (χ0n) is 11.2. The summed E-state index contributed by atoms with van der Waals surface area (Å²) in [6.07, 6.45) is 1.75. The Hall–Kier alpha value is -1.72. The van der Waals surface area contributed by atoms with Crippen molar-refractivity contribution < 1.29 is 13.7 Å². The van der Waals surface area contributed by atoms with Crippen LogP contribution < -0.4 is 5.32 Å². The van der Waals surface area contributed by atoms with E-state index in [4.69, 9.17) is 0 Å². The lowest BCUT2D eigenvalue weighted by atomic mass is 10.00. The highest BCUT2D eigenvalue weighted by atomic mass is 19.1. The van der Waals surface area contributed by atoms with Gasteiger partial charge in [0.2, 0.25) is 0 Å². The minimum atomic E-state index is -0.942. The molecule has 0 heterocycles. The van der Waals surface area contributed by atoms with Crippen molar-refractivity contribution in [3.63, 3.8) is 0 Å². The van der Waals surface area contributed by atoms with E-state index in [0.717, 1.165) is 25.0 Å². The molecular formula is C13H18F2N2O2. The standard InChI is InChI=1S/C13H18F2N2O2/c1-4-8(2)5-9(3)16-13-11(14)6-10(17(18)19)7-12(13)15/h6-9,16H,4-5H2,1-3H3. The van der Waals surface area contributed by atoms with Crippen molar-refractivity contribution in [2.24, 2.45) is 5.92 Å². The lowest BCUT2D eigenvalue weighted by Crippen LogP contribution is -2.20. The van der Waals surface area contributed by atoms with Crippen LogP contribution in [0.3, 0.4) is 0 Å². The van der Waals surface area contributed by atoms with E-state index < -0.39 is 22.2 Å². The number of rotatable bonds is 6. The lowest BCUT2D eigenvalue weighted by Gasteiger charge is -2.19. The van der Waals surface area contributed by atoms with Crippen molar-refractivity contribution in [1.82, 2.24) is 0 Å². The van der Waals surface area contributed by atoms with Gasteiger partial charge in [0.25, 0.3) is 5.69 Å². The van der Waals surface area contributed by atoms with E-state index in [2.05, 4.69) is 12.2 Å². The molecule has 1 aromatic rings. The Balaban J connectivity index is 2.87. The van der Waals surface area contributed by atoms with Crippen molar-refractivity contribution in [3.05, 3.63) is 33.9 Å². The summed E-state index contributed by atoms with van der Waals surface area (Å²) >= 11 is 0. The van der Waals surface area contributed by atoms with E-state index in [0.29, 0.717) is 5.92 Å². The van der Waals surface area contributed by atoms with Gasteiger partial charge in [-0.2, -0.15) is 0 Å². The Morgan fingerprint density at radius 3 is 2.26 bits per heavy atom. The molecule has 0 saturated heterocycles. The summed E-state index contributed by atoms with van der Waals surface area (Å²) in [4.78, 5) is 9.65. The molecule has 19 heavy (non-hydrogen) atoms. The molecule has 4 nitrogen and oxygen atoms in total. The number of nitrogens with zero attached hydrogens (tertiary/aromatic N) is 1. The van der Waals surface area contributed by atoms with Gasteiger partial charge in [0.1, 0.15) is 5.69 Å². The number of nitrogens with one attached hydrogen (secondary N) is 1. The van der Waals surface area contributed by atoms with Crippen LogP contribution in [0.2, 0.25) is 0 Å². The molecule has 0 aliphatic carbocycles. The van der Waals surface area contributed by atoms with Gasteiger partial charge >= 0.3 is 0 Å². The predicted octanol–water partition coefficient (Wildman–Crippen LogP) is 4.11. The molecule has 0 amide bonds. The van der Waals surface area contributed by atoms with E-state index in [-0.39, 0.29) is 11.7 Å². The molecule has 6 heteroatoms. The van der Waals surface area contributed by atoms with Crippen LogP contribution >= 0.6 is 0 Å². The van der Waals surface area contributed by atoms with Crippen molar-refractivity contribution in [2.45, 2.75) is 39.7 Å². The minimum Gasteiger partial charge on any atom is -0.378 e. The van der Waals surface area contributed by atoms with Gasteiger partial charge in [-0.1, -0.05) is 20.3 Å². The average molecular weight is 272 g/mol. The van der Waals surface area contributed by atoms with Gasteiger partial charge in [0, 0.05) is 6.04 Å². The second-order valence-electron chi connectivity index (χ2n) is 4.84. The number of non-ortho nitro benzene ring substituents is 1. The van der Waals surface area contributed by atoms with Crippen LogP contribution in [0.4, 0.5) is 20.2 Å². The summed E-state index contributed by atoms with van der Waals surface area (Å²) in [5.41, 5.74) is -0.892. The molecule has 0 aliphatic rings. The molecule has 0 fully saturated rings. The van der Waals surface area contributed by atoms with Crippen molar-refractivity contribution in [1.29, 1.82) is 0 Å². The molecule has 1 aromatic carbocycles. The van der Waals surface area contributed by atoms with Crippen LogP contribution in [0.15, 0.2) is 12.1 Å². The zero-order chi connectivity index (χ0) is 14.6. The molecule has 0 aliphatic heterocycles.